The predicted octanol–water partition coefficient (Wildman–Crippen LogP) is 38.6. The van der Waals surface area contributed by atoms with Crippen molar-refractivity contribution in [3.63, 3.8) is 0 Å². The van der Waals surface area contributed by atoms with E-state index in [0.717, 1.165) is 110 Å². The van der Waals surface area contributed by atoms with Crippen LogP contribution in [0.5, 0.6) is 0 Å². The van der Waals surface area contributed by atoms with Gasteiger partial charge in [0.15, 0.2) is 0 Å². The summed E-state index contributed by atoms with van der Waals surface area (Å²) in [6, 6.07) is 52.8. The molecule has 0 aliphatic heterocycles. The third-order valence-electron chi connectivity index (χ3n) is 27.0. The van der Waals surface area contributed by atoms with Crippen LogP contribution in [-0.2, 0) is 65.0 Å². The summed E-state index contributed by atoms with van der Waals surface area (Å²) in [5, 5.41) is 5.32. The SMILES string of the molecule is [2H]c1c([2H])c([2H])c(-c2cccc3c2c2c(C(C)(C)C)c(-c4c([2H])c([2H])c(C)c([2H])c4[2H])ccc2n3-c2cc(C(C)(C)C)cc(C(C)(C)C)c2)c([2H])c1[2H].[2H]c1c([2H])c([2H])c(-c2cccc3c2c2c(C(C)(C)C)c(-c4cc(C(C)(C)C)cc(C(C)(C)C)c4)ccc2n3-c2cc(C(C)(C)C)cc(C(C)(C)C)c2)c([2H])c1[2H].[2H]c1c([2H])c([2H])c(-c2cccc3c2c2c(C(C)(C)C)c(C(C)(C)C)ccc2n3-c2cc(C(C)(C)C)cc(C(C)(C)C)c2)c([2H])c1[2H]. The van der Waals surface area contributed by atoms with Gasteiger partial charge in [-0.05, 0) is 267 Å². The zero-order valence-corrected chi connectivity index (χ0v) is 88.4. The highest BCUT2D eigenvalue weighted by atomic mass is 15.0. The maximum absolute atomic E-state index is 9.16. The zero-order chi connectivity index (χ0) is 116. The van der Waals surface area contributed by atoms with Gasteiger partial charge in [-0.25, -0.2) is 0 Å². The summed E-state index contributed by atoms with van der Waals surface area (Å²) in [6.45, 7) is 81.7. The predicted molar refractivity (Wildman–Crippen MR) is 599 cm³/mol. The van der Waals surface area contributed by atoms with Gasteiger partial charge in [0.25, 0.3) is 0 Å². The first-order valence-electron chi connectivity index (χ1n) is 58.2. The molecule has 704 valence electrons. The van der Waals surface area contributed by atoms with Crippen LogP contribution in [0.2, 0.25) is 0 Å². The van der Waals surface area contributed by atoms with Crippen LogP contribution >= 0.6 is 0 Å². The monoisotopic (exact) mass is 1820 g/mol. The van der Waals surface area contributed by atoms with E-state index in [2.05, 4.69) is 351 Å². The molecule has 0 amide bonds. The van der Waals surface area contributed by atoms with Gasteiger partial charge >= 0.3 is 0 Å². The smallest absolute Gasteiger partial charge is 0.0629 e. The lowest BCUT2D eigenvalue weighted by Gasteiger charge is -2.31. The molecule has 0 unspecified atom stereocenters. The van der Waals surface area contributed by atoms with Crippen molar-refractivity contribution in [2.45, 2.75) is 321 Å². The van der Waals surface area contributed by atoms with Gasteiger partial charge in [0, 0.05) is 49.4 Å². The minimum Gasteiger partial charge on any atom is -0.309 e. The second-order valence-electron chi connectivity index (χ2n) is 50.4. The number of hydrogen-bond acceptors (Lipinski definition) is 0. The van der Waals surface area contributed by atoms with Crippen LogP contribution in [0.25, 0.3) is 138 Å². The Morgan fingerprint density at radius 2 is 0.412 bits per heavy atom. The number of aromatic nitrogens is 3. The lowest BCUT2D eigenvalue weighted by atomic mass is 9.73. The Hall–Kier alpha value is -11.5. The number of fused-ring (bicyclic) bond motifs is 9. The fourth-order valence-corrected chi connectivity index (χ4v) is 19.5. The molecule has 14 aromatic carbocycles. The number of nitrogens with zero attached hydrogens (tertiary/aromatic N) is 3. The summed E-state index contributed by atoms with van der Waals surface area (Å²) in [4.78, 5) is 0. The van der Waals surface area contributed by atoms with Crippen molar-refractivity contribution >= 4 is 65.4 Å². The van der Waals surface area contributed by atoms with E-state index in [4.69, 9.17) is 26.0 Å². The molecule has 3 heteroatoms. The van der Waals surface area contributed by atoms with Crippen LogP contribution in [0, 0.1) is 6.92 Å². The van der Waals surface area contributed by atoms with E-state index in [1.807, 2.05) is 69.3 Å². The molecule has 0 atom stereocenters. The molecule has 0 saturated carbocycles. The van der Waals surface area contributed by atoms with Crippen molar-refractivity contribution in [3.05, 3.63) is 351 Å². The second kappa shape index (κ2) is 35.2. The van der Waals surface area contributed by atoms with Crippen molar-refractivity contribution in [1.29, 1.82) is 0 Å². The van der Waals surface area contributed by atoms with Gasteiger partial charge in [0.2, 0.25) is 0 Å². The van der Waals surface area contributed by atoms with Crippen LogP contribution in [0.4, 0.5) is 0 Å². The summed E-state index contributed by atoms with van der Waals surface area (Å²) in [7, 11) is 0. The topological polar surface area (TPSA) is 14.8 Å². The Morgan fingerprint density at radius 3 is 0.662 bits per heavy atom. The molecule has 0 N–H and O–H groups in total. The molecule has 17 aromatic rings. The van der Waals surface area contributed by atoms with Gasteiger partial charge in [0.05, 0.1) is 59.1 Å². The van der Waals surface area contributed by atoms with Crippen molar-refractivity contribution < 1.29 is 26.0 Å². The Kier molecular flexibility index (Phi) is 19.8. The molecule has 17 rings (SSSR count). The Bertz CT molecular complexity index is 8400. The molecule has 0 saturated heterocycles. The second-order valence-corrected chi connectivity index (χ2v) is 50.4. The fraction of sp³-hybridized carbons (Fsp3) is 0.368. The van der Waals surface area contributed by atoms with E-state index < -0.39 is 29.6 Å². The summed E-state index contributed by atoms with van der Waals surface area (Å²) < 4.78 is 173. The Labute approximate surface area is 845 Å². The zero-order valence-electron chi connectivity index (χ0n) is 107. The molecule has 3 nitrogen and oxygen atoms in total. The largest absolute Gasteiger partial charge is 0.309 e. The lowest BCUT2D eigenvalue weighted by molar-refractivity contribution is 0.535. The highest BCUT2D eigenvalue weighted by molar-refractivity contribution is 6.21. The highest BCUT2D eigenvalue weighted by Gasteiger charge is 2.37. The Morgan fingerprint density at radius 1 is 0.184 bits per heavy atom. The molecule has 0 aliphatic carbocycles. The van der Waals surface area contributed by atoms with Crippen LogP contribution in [0.1, 0.15) is 348 Å². The molecular weight excluding hydrogens is 1640 g/mol. The van der Waals surface area contributed by atoms with Crippen LogP contribution in [-0.4, -0.2) is 13.7 Å². The first kappa shape index (κ1) is 76.5. The van der Waals surface area contributed by atoms with E-state index in [9.17, 15) is 0 Å². The molecular formula is C133H157N3. The van der Waals surface area contributed by atoms with Crippen LogP contribution in [0.15, 0.2) is 279 Å². The summed E-state index contributed by atoms with van der Waals surface area (Å²) in [6.07, 6.45) is 0. The van der Waals surface area contributed by atoms with Gasteiger partial charge in [-0.1, -0.05) is 461 Å². The average Bonchev–Trinajstić information content (AvgIpc) is 1.55. The standard InChI is InChI=1S/C50H61N.C43H47N.C40H49N/c1-46(2,3)34-26-33(27-35(28-34)47(4,5)6)40-24-25-42-44(45(40)50(13,14)15)43-39(32-20-17-16-18-21-32)22-19-23-41(43)51(42)38-30-36(48(7,8)9)29-37(31-38)49(10,11)12;1-28-19-21-30(22-20-28)35-23-24-37-39(40(35)43(8,9)10)38-34(29-15-12-11-13-16-29)17-14-18-36(38)44(37)33-26-31(41(2,3)4)25-32(27-33)42(5,6)7;1-37(2,3)27-23-28(38(4,5)6)25-29(24-27)41-32-20-16-19-30(26-17-14-13-15-18-26)34(32)35-33(41)22-21-31(39(7,8)9)36(35)40(10,11)12/h16-31H,1-15H3;11-27H,1-10H3;13-25H,1-12H3/i16D,17D,18D,20D,21D;11D,12D,13D,15D,16D,19D,20D,21D,22D;13D,14D,15D,17D,18D. The fourth-order valence-electron chi connectivity index (χ4n) is 19.5. The van der Waals surface area contributed by atoms with Gasteiger partial charge in [-0.2, -0.15) is 0 Å². The summed E-state index contributed by atoms with van der Waals surface area (Å²) in [5.41, 5.74) is 26.0. The van der Waals surface area contributed by atoms with Gasteiger partial charge in [-0.3, -0.25) is 0 Å². The average molecular weight is 1820 g/mol. The lowest BCUT2D eigenvalue weighted by Crippen LogP contribution is -2.22. The minimum absolute atomic E-state index is 0.0744. The molecule has 0 radical (unpaired) electrons. The number of hydrogen-bond donors (Lipinski definition) is 0. The van der Waals surface area contributed by atoms with E-state index in [1.165, 1.54) is 44.5 Å². The van der Waals surface area contributed by atoms with E-state index in [1.54, 1.807) is 13.0 Å². The quantitative estimate of drug-likeness (QED) is 0.144. The molecule has 3 heterocycles. The first-order chi connectivity index (χ1) is 70.9. The van der Waals surface area contributed by atoms with Crippen molar-refractivity contribution in [3.8, 4) is 72.7 Å². The van der Waals surface area contributed by atoms with E-state index in [-0.39, 0.29) is 178 Å². The molecule has 0 bridgehead atoms. The third-order valence-corrected chi connectivity index (χ3v) is 27.0. The number of benzene rings is 14. The van der Waals surface area contributed by atoms with E-state index in [0.29, 0.717) is 27.6 Å². The third kappa shape index (κ3) is 19.6. The molecule has 0 spiro atoms. The molecule has 3 aromatic heterocycles. The van der Waals surface area contributed by atoms with Crippen molar-refractivity contribution in [2.75, 3.05) is 0 Å². The summed E-state index contributed by atoms with van der Waals surface area (Å²) in [5.74, 6) is 0. The van der Waals surface area contributed by atoms with Crippen molar-refractivity contribution in [1.82, 2.24) is 13.7 Å². The van der Waals surface area contributed by atoms with Gasteiger partial charge in [0.1, 0.15) is 0 Å². The van der Waals surface area contributed by atoms with Gasteiger partial charge < -0.3 is 13.7 Å². The first-order valence-corrected chi connectivity index (χ1v) is 48.7. The van der Waals surface area contributed by atoms with Crippen molar-refractivity contribution in [2.24, 2.45) is 0 Å². The van der Waals surface area contributed by atoms with Crippen LogP contribution < -0.4 is 0 Å². The maximum Gasteiger partial charge on any atom is 0.0629 e. The molecule has 0 aliphatic rings. The molecule has 136 heavy (non-hydrogen) atoms. The number of rotatable bonds is 8. The van der Waals surface area contributed by atoms with Gasteiger partial charge in [-0.15, -0.1) is 0 Å². The van der Waals surface area contributed by atoms with Crippen LogP contribution in [0.3, 0.4) is 0 Å². The van der Waals surface area contributed by atoms with E-state index >= 15 is 0 Å². The minimum atomic E-state index is -0.626. The normalized spacial score (nSPS) is 15.1. The summed E-state index contributed by atoms with van der Waals surface area (Å²) >= 11 is 0. The highest BCUT2D eigenvalue weighted by Crippen LogP contribution is 2.54. The maximum atomic E-state index is 9.16. The molecule has 0 fully saturated rings. The Balaban J connectivity index is 0.000000174.